The zero-order valence-electron chi connectivity index (χ0n) is 10.5. The summed E-state index contributed by atoms with van der Waals surface area (Å²) in [4.78, 5) is 22.0. The molecule has 0 bridgehead atoms. The van der Waals surface area contributed by atoms with Crippen molar-refractivity contribution in [2.75, 3.05) is 0 Å². The van der Waals surface area contributed by atoms with Gasteiger partial charge in [-0.15, -0.1) is 0 Å². The van der Waals surface area contributed by atoms with Crippen LogP contribution in [0.2, 0.25) is 0 Å². The molecule has 0 aliphatic carbocycles. The molecule has 0 radical (unpaired) electrons. The van der Waals surface area contributed by atoms with Crippen LogP contribution in [0, 0.1) is 15.9 Å². The topological polar surface area (TPSA) is 80.4 Å². The first kappa shape index (κ1) is 15.3. The highest BCUT2D eigenvalue weighted by atomic mass is 79.9. The average Bonchev–Trinajstić information content (AvgIpc) is 2.48. The van der Waals surface area contributed by atoms with E-state index in [-0.39, 0.29) is 10.0 Å². The van der Waals surface area contributed by atoms with Gasteiger partial charge in [-0.3, -0.25) is 14.9 Å². The van der Waals surface area contributed by atoms with Gasteiger partial charge in [0.1, 0.15) is 6.10 Å². The zero-order valence-corrected chi connectivity index (χ0v) is 12.1. The van der Waals surface area contributed by atoms with E-state index in [9.17, 15) is 24.4 Å². The van der Waals surface area contributed by atoms with Gasteiger partial charge in [0.25, 0.3) is 0 Å². The SMILES string of the molecule is O=C(c1cc(Br)cc([N+](=O)[O-])c1F)C(O)c1ccccc1. The van der Waals surface area contributed by atoms with Crippen molar-refractivity contribution in [3.8, 4) is 0 Å². The third kappa shape index (κ3) is 3.14. The number of nitrogens with zero attached hydrogens (tertiary/aromatic N) is 1. The van der Waals surface area contributed by atoms with Gasteiger partial charge >= 0.3 is 5.69 Å². The van der Waals surface area contributed by atoms with E-state index in [0.717, 1.165) is 12.1 Å². The fourth-order valence-corrected chi connectivity index (χ4v) is 2.27. The highest BCUT2D eigenvalue weighted by Gasteiger charge is 2.28. The highest BCUT2D eigenvalue weighted by molar-refractivity contribution is 9.10. The van der Waals surface area contributed by atoms with Crippen LogP contribution in [0.25, 0.3) is 0 Å². The van der Waals surface area contributed by atoms with E-state index in [4.69, 9.17) is 0 Å². The van der Waals surface area contributed by atoms with Crippen LogP contribution in [0.1, 0.15) is 22.0 Å². The Labute approximate surface area is 127 Å². The zero-order chi connectivity index (χ0) is 15.6. The van der Waals surface area contributed by atoms with E-state index in [1.165, 1.54) is 12.1 Å². The summed E-state index contributed by atoms with van der Waals surface area (Å²) in [7, 11) is 0. The van der Waals surface area contributed by atoms with Gasteiger partial charge in [0.15, 0.2) is 5.78 Å². The van der Waals surface area contributed by atoms with Gasteiger partial charge in [-0.2, -0.15) is 4.39 Å². The molecular formula is C14H9BrFNO4. The molecule has 2 aromatic rings. The van der Waals surface area contributed by atoms with E-state index in [2.05, 4.69) is 15.9 Å². The van der Waals surface area contributed by atoms with Crippen LogP contribution in [0.3, 0.4) is 0 Å². The van der Waals surface area contributed by atoms with Crippen LogP contribution in [0.5, 0.6) is 0 Å². The van der Waals surface area contributed by atoms with Gasteiger partial charge < -0.3 is 5.11 Å². The number of hydrogen-bond acceptors (Lipinski definition) is 4. The van der Waals surface area contributed by atoms with Gasteiger partial charge in [-0.05, 0) is 11.6 Å². The van der Waals surface area contributed by atoms with Crippen LogP contribution in [0.15, 0.2) is 46.9 Å². The second-order valence-electron chi connectivity index (χ2n) is 4.22. The smallest absolute Gasteiger partial charge is 0.306 e. The molecule has 21 heavy (non-hydrogen) atoms. The number of carbonyl (C=O) groups is 1. The van der Waals surface area contributed by atoms with Gasteiger partial charge in [-0.25, -0.2) is 0 Å². The lowest BCUT2D eigenvalue weighted by Gasteiger charge is -2.11. The number of rotatable bonds is 4. The molecule has 0 spiro atoms. The molecule has 1 unspecified atom stereocenters. The number of nitro benzene ring substituents is 1. The summed E-state index contributed by atoms with van der Waals surface area (Å²) in [5.74, 6) is -2.20. The molecule has 0 aromatic heterocycles. The minimum Gasteiger partial charge on any atom is -0.380 e. The Kier molecular flexibility index (Phi) is 4.44. The van der Waals surface area contributed by atoms with Crippen molar-refractivity contribution >= 4 is 27.4 Å². The molecule has 1 atom stereocenters. The lowest BCUT2D eigenvalue weighted by Crippen LogP contribution is -2.14. The molecule has 0 saturated heterocycles. The first-order valence-corrected chi connectivity index (χ1v) is 6.61. The molecule has 0 amide bonds. The Morgan fingerprint density at radius 2 is 1.90 bits per heavy atom. The lowest BCUT2D eigenvalue weighted by atomic mass is 9.99. The van der Waals surface area contributed by atoms with E-state index >= 15 is 0 Å². The summed E-state index contributed by atoms with van der Waals surface area (Å²) in [6.45, 7) is 0. The van der Waals surface area contributed by atoms with Crippen molar-refractivity contribution < 1.29 is 19.2 Å². The molecule has 0 fully saturated rings. The fraction of sp³-hybridized carbons (Fsp3) is 0.0714. The monoisotopic (exact) mass is 353 g/mol. The summed E-state index contributed by atoms with van der Waals surface area (Å²) in [6.07, 6.45) is -1.59. The second-order valence-corrected chi connectivity index (χ2v) is 5.14. The minimum atomic E-state index is -1.59. The minimum absolute atomic E-state index is 0.180. The molecule has 1 N–H and O–H groups in total. The largest absolute Gasteiger partial charge is 0.380 e. The Balaban J connectivity index is 2.47. The number of aliphatic hydroxyl groups is 1. The molecule has 0 heterocycles. The van der Waals surface area contributed by atoms with Crippen LogP contribution in [-0.4, -0.2) is 15.8 Å². The van der Waals surface area contributed by atoms with Crippen molar-refractivity contribution in [2.45, 2.75) is 6.10 Å². The van der Waals surface area contributed by atoms with Crippen LogP contribution in [0.4, 0.5) is 10.1 Å². The molecular weight excluding hydrogens is 345 g/mol. The quantitative estimate of drug-likeness (QED) is 0.518. The summed E-state index contributed by atoms with van der Waals surface area (Å²) in [6, 6.07) is 10.0. The molecule has 2 aromatic carbocycles. The number of halogens is 2. The Hall–Kier alpha value is -2.12. The maximum atomic E-state index is 14.0. The van der Waals surface area contributed by atoms with Crippen molar-refractivity contribution in [3.63, 3.8) is 0 Å². The first-order chi connectivity index (χ1) is 9.91. The maximum Gasteiger partial charge on any atom is 0.306 e. The predicted molar refractivity (Wildman–Crippen MR) is 76.5 cm³/mol. The maximum absolute atomic E-state index is 14.0. The molecule has 5 nitrogen and oxygen atoms in total. The normalized spacial score (nSPS) is 12.0. The standard InChI is InChI=1S/C14H9BrFNO4/c15-9-6-10(12(16)11(7-9)17(20)21)14(19)13(18)8-4-2-1-3-5-8/h1-7,13,18H. The van der Waals surface area contributed by atoms with Crippen LogP contribution in [-0.2, 0) is 0 Å². The van der Waals surface area contributed by atoms with Gasteiger partial charge in [0.05, 0.1) is 10.5 Å². The number of carbonyl (C=O) groups excluding carboxylic acids is 1. The Morgan fingerprint density at radius 1 is 1.29 bits per heavy atom. The number of ketones is 1. The summed E-state index contributed by atoms with van der Waals surface area (Å²) in [5, 5.41) is 20.7. The Bertz CT molecular complexity index is 706. The van der Waals surface area contributed by atoms with Crippen LogP contribution >= 0.6 is 15.9 Å². The van der Waals surface area contributed by atoms with Crippen molar-refractivity contribution in [3.05, 3.63) is 74.0 Å². The van der Waals surface area contributed by atoms with E-state index in [1.807, 2.05) is 0 Å². The number of Topliss-reactive ketones (excluding diaryl/α,β-unsaturated/α-hetero) is 1. The number of aliphatic hydroxyl groups excluding tert-OH is 1. The summed E-state index contributed by atoms with van der Waals surface area (Å²) >= 11 is 2.98. The highest BCUT2D eigenvalue weighted by Crippen LogP contribution is 2.29. The first-order valence-electron chi connectivity index (χ1n) is 5.82. The average molecular weight is 354 g/mol. The molecule has 0 saturated carbocycles. The molecule has 108 valence electrons. The number of benzene rings is 2. The van der Waals surface area contributed by atoms with Crippen molar-refractivity contribution in [2.24, 2.45) is 0 Å². The Morgan fingerprint density at radius 3 is 2.48 bits per heavy atom. The van der Waals surface area contributed by atoms with E-state index in [1.54, 1.807) is 18.2 Å². The molecule has 7 heteroatoms. The number of nitro groups is 1. The van der Waals surface area contributed by atoms with Gasteiger partial charge in [-0.1, -0.05) is 46.3 Å². The predicted octanol–water partition coefficient (Wildman–Crippen LogP) is 3.41. The van der Waals surface area contributed by atoms with Crippen molar-refractivity contribution in [1.82, 2.24) is 0 Å². The van der Waals surface area contributed by atoms with Gasteiger partial charge in [0, 0.05) is 10.5 Å². The van der Waals surface area contributed by atoms with Gasteiger partial charge in [0.2, 0.25) is 5.82 Å². The third-order valence-electron chi connectivity index (χ3n) is 2.84. The van der Waals surface area contributed by atoms with E-state index in [0.29, 0.717) is 0 Å². The van der Waals surface area contributed by atoms with E-state index < -0.39 is 33.9 Å². The molecule has 2 rings (SSSR count). The lowest BCUT2D eigenvalue weighted by molar-refractivity contribution is -0.387. The third-order valence-corrected chi connectivity index (χ3v) is 3.30. The molecule has 0 aliphatic rings. The summed E-state index contributed by atoms with van der Waals surface area (Å²) in [5.41, 5.74) is -1.08. The summed E-state index contributed by atoms with van der Waals surface area (Å²) < 4.78 is 14.2. The van der Waals surface area contributed by atoms with Crippen LogP contribution < -0.4 is 0 Å². The van der Waals surface area contributed by atoms with Crippen molar-refractivity contribution in [1.29, 1.82) is 0 Å². The molecule has 0 aliphatic heterocycles. The fourth-order valence-electron chi connectivity index (χ4n) is 1.82. The second kappa shape index (κ2) is 6.11. The number of hydrogen-bond donors (Lipinski definition) is 1.